The number of hydrogen-bond acceptors (Lipinski definition) is 6. The Kier molecular flexibility index (Phi) is 7.35. The highest BCUT2D eigenvalue weighted by Gasteiger charge is 2.29. The number of pyridine rings is 1. The lowest BCUT2D eigenvalue weighted by Crippen LogP contribution is -2.48. The number of hydrogen-bond donors (Lipinski definition) is 3. The quantitative estimate of drug-likeness (QED) is 0.304. The molecule has 1 fully saturated rings. The average Bonchev–Trinajstić information content (AvgIpc) is 3.68. The molecule has 2 atom stereocenters. The van der Waals surface area contributed by atoms with E-state index in [0.717, 1.165) is 24.1 Å². The number of carbonyl (C=O) groups is 2. The molecule has 180 valence electrons. The Labute approximate surface area is 203 Å². The zero-order valence-corrected chi connectivity index (χ0v) is 19.3. The molecule has 9 nitrogen and oxygen atoms in total. The van der Waals surface area contributed by atoms with E-state index < -0.39 is 16.9 Å². The molecule has 2 amide bonds. The molecular weight excluding hydrogens is 446 g/mol. The molecule has 3 N–H and O–H groups in total. The van der Waals surface area contributed by atoms with Crippen LogP contribution in [0.3, 0.4) is 0 Å². The minimum absolute atomic E-state index is 0.102. The molecule has 2 aromatic carbocycles. The van der Waals surface area contributed by atoms with Crippen LogP contribution in [-0.2, 0) is 11.2 Å². The van der Waals surface area contributed by atoms with Crippen LogP contribution in [0.5, 0.6) is 0 Å². The van der Waals surface area contributed by atoms with E-state index in [2.05, 4.69) is 20.9 Å². The molecule has 3 aromatic rings. The van der Waals surface area contributed by atoms with Gasteiger partial charge >= 0.3 is 0 Å². The molecule has 1 aliphatic rings. The van der Waals surface area contributed by atoms with Crippen LogP contribution >= 0.6 is 0 Å². The second-order valence-corrected chi connectivity index (χ2v) is 8.61. The first-order chi connectivity index (χ1) is 16.9. The van der Waals surface area contributed by atoms with Crippen molar-refractivity contribution in [2.45, 2.75) is 44.3 Å². The van der Waals surface area contributed by atoms with Crippen molar-refractivity contribution in [3.8, 4) is 0 Å². The van der Waals surface area contributed by atoms with Gasteiger partial charge in [0.1, 0.15) is 11.7 Å². The zero-order chi connectivity index (χ0) is 24.8. The summed E-state index contributed by atoms with van der Waals surface area (Å²) < 4.78 is 0. The van der Waals surface area contributed by atoms with Gasteiger partial charge in [-0.25, -0.2) is 0 Å². The van der Waals surface area contributed by atoms with E-state index in [-0.39, 0.29) is 34.9 Å². The summed E-state index contributed by atoms with van der Waals surface area (Å²) >= 11 is 0. The summed E-state index contributed by atoms with van der Waals surface area (Å²) in [6, 6.07) is 18.1. The lowest BCUT2D eigenvalue weighted by Gasteiger charge is -2.19. The standard InChI is InChI=1S/C26H27N5O4/c1-17(21-9-5-6-14-27-21)28-22-13-10-19(16-24(22)31(34)35)25(32)30-23(26(33)29-20-11-12-20)15-18-7-3-2-4-8-18/h2-10,13-14,16-17,20,23,28H,11-12,15H2,1H3,(H,29,33)(H,30,32). The molecule has 0 spiro atoms. The number of aromatic nitrogens is 1. The van der Waals surface area contributed by atoms with Crippen LogP contribution in [0.2, 0.25) is 0 Å². The second kappa shape index (κ2) is 10.8. The Morgan fingerprint density at radius 3 is 2.49 bits per heavy atom. The van der Waals surface area contributed by atoms with Crippen LogP contribution in [-0.4, -0.2) is 33.8 Å². The minimum Gasteiger partial charge on any atom is -0.371 e. The highest BCUT2D eigenvalue weighted by atomic mass is 16.6. The third-order valence-electron chi connectivity index (χ3n) is 5.79. The summed E-state index contributed by atoms with van der Waals surface area (Å²) in [5.41, 5.74) is 1.77. The Balaban J connectivity index is 1.51. The summed E-state index contributed by atoms with van der Waals surface area (Å²) in [5, 5.41) is 20.6. The topological polar surface area (TPSA) is 126 Å². The van der Waals surface area contributed by atoms with Crippen LogP contribution in [0.4, 0.5) is 11.4 Å². The minimum atomic E-state index is -0.800. The molecular formula is C26H27N5O4. The number of amides is 2. The number of carbonyl (C=O) groups excluding carboxylic acids is 2. The van der Waals surface area contributed by atoms with Crippen molar-refractivity contribution < 1.29 is 14.5 Å². The Morgan fingerprint density at radius 2 is 1.83 bits per heavy atom. The second-order valence-electron chi connectivity index (χ2n) is 8.61. The first-order valence-corrected chi connectivity index (χ1v) is 11.5. The molecule has 1 heterocycles. The van der Waals surface area contributed by atoms with Gasteiger partial charge in [-0.15, -0.1) is 0 Å². The molecule has 1 aromatic heterocycles. The molecule has 0 radical (unpaired) electrons. The fraction of sp³-hybridized carbons (Fsp3) is 0.269. The van der Waals surface area contributed by atoms with Crippen LogP contribution < -0.4 is 16.0 Å². The molecule has 35 heavy (non-hydrogen) atoms. The number of anilines is 1. The summed E-state index contributed by atoms with van der Waals surface area (Å²) in [7, 11) is 0. The highest BCUT2D eigenvalue weighted by molar-refractivity contribution is 5.98. The lowest BCUT2D eigenvalue weighted by molar-refractivity contribution is -0.384. The predicted molar refractivity (Wildman–Crippen MR) is 132 cm³/mol. The maximum Gasteiger partial charge on any atom is 0.293 e. The molecule has 4 rings (SSSR count). The van der Waals surface area contributed by atoms with Gasteiger partial charge in [-0.1, -0.05) is 36.4 Å². The van der Waals surface area contributed by atoms with E-state index in [9.17, 15) is 19.7 Å². The van der Waals surface area contributed by atoms with Crippen molar-refractivity contribution in [1.29, 1.82) is 0 Å². The van der Waals surface area contributed by atoms with Gasteiger partial charge in [-0.3, -0.25) is 24.7 Å². The number of nitrogens with zero attached hydrogens (tertiary/aromatic N) is 2. The maximum absolute atomic E-state index is 13.0. The summed E-state index contributed by atoms with van der Waals surface area (Å²) in [6.07, 6.45) is 3.82. The van der Waals surface area contributed by atoms with E-state index in [0.29, 0.717) is 6.42 Å². The van der Waals surface area contributed by atoms with Crippen molar-refractivity contribution >= 4 is 23.2 Å². The normalized spacial score (nSPS) is 14.4. The third-order valence-corrected chi connectivity index (χ3v) is 5.79. The summed E-state index contributed by atoms with van der Waals surface area (Å²) in [6.45, 7) is 1.85. The van der Waals surface area contributed by atoms with Crippen molar-refractivity contribution in [1.82, 2.24) is 15.6 Å². The number of benzene rings is 2. The Hall–Kier alpha value is -4.27. The number of rotatable bonds is 10. The Bertz CT molecular complexity index is 1200. The van der Waals surface area contributed by atoms with Crippen molar-refractivity contribution in [3.63, 3.8) is 0 Å². The van der Waals surface area contributed by atoms with Crippen LogP contribution in [0.25, 0.3) is 0 Å². The fourth-order valence-electron chi connectivity index (χ4n) is 3.72. The van der Waals surface area contributed by atoms with Gasteiger partial charge in [-0.2, -0.15) is 0 Å². The lowest BCUT2D eigenvalue weighted by atomic mass is 10.0. The van der Waals surface area contributed by atoms with Gasteiger partial charge in [0.15, 0.2) is 0 Å². The van der Waals surface area contributed by atoms with Gasteiger partial charge in [0.2, 0.25) is 5.91 Å². The van der Waals surface area contributed by atoms with Crippen molar-refractivity contribution in [2.24, 2.45) is 0 Å². The van der Waals surface area contributed by atoms with E-state index >= 15 is 0 Å². The van der Waals surface area contributed by atoms with Gasteiger partial charge < -0.3 is 16.0 Å². The van der Waals surface area contributed by atoms with Crippen LogP contribution in [0.15, 0.2) is 72.9 Å². The summed E-state index contributed by atoms with van der Waals surface area (Å²) in [5.74, 6) is -0.814. The molecule has 0 saturated heterocycles. The largest absolute Gasteiger partial charge is 0.371 e. The van der Waals surface area contributed by atoms with E-state index in [4.69, 9.17) is 0 Å². The Morgan fingerprint density at radius 1 is 1.09 bits per heavy atom. The van der Waals surface area contributed by atoms with Crippen LogP contribution in [0, 0.1) is 10.1 Å². The number of nitro benzene ring substituents is 1. The smallest absolute Gasteiger partial charge is 0.293 e. The molecule has 9 heteroatoms. The highest BCUT2D eigenvalue weighted by Crippen LogP contribution is 2.29. The van der Waals surface area contributed by atoms with E-state index in [1.54, 1.807) is 12.3 Å². The van der Waals surface area contributed by atoms with Gasteiger partial charge in [0.05, 0.1) is 16.7 Å². The number of nitrogens with one attached hydrogen (secondary N) is 3. The summed E-state index contributed by atoms with van der Waals surface area (Å²) in [4.78, 5) is 41.3. The fourth-order valence-corrected chi connectivity index (χ4v) is 3.72. The van der Waals surface area contributed by atoms with Gasteiger partial charge in [-0.05, 0) is 49.6 Å². The molecule has 1 saturated carbocycles. The maximum atomic E-state index is 13.0. The predicted octanol–water partition coefficient (Wildman–Crippen LogP) is 3.78. The van der Waals surface area contributed by atoms with Crippen molar-refractivity contribution in [2.75, 3.05) is 5.32 Å². The SMILES string of the molecule is CC(Nc1ccc(C(=O)NC(Cc2ccccc2)C(=O)NC2CC2)cc1[N+](=O)[O-])c1ccccn1. The zero-order valence-electron chi connectivity index (χ0n) is 19.3. The molecule has 1 aliphatic carbocycles. The first kappa shape index (κ1) is 23.9. The molecule has 0 bridgehead atoms. The third kappa shape index (κ3) is 6.41. The van der Waals surface area contributed by atoms with Gasteiger partial charge in [0, 0.05) is 30.3 Å². The van der Waals surface area contributed by atoms with Crippen molar-refractivity contribution in [3.05, 3.63) is 99.9 Å². The monoisotopic (exact) mass is 473 g/mol. The van der Waals surface area contributed by atoms with E-state index in [1.807, 2.05) is 49.4 Å². The van der Waals surface area contributed by atoms with Gasteiger partial charge in [0.25, 0.3) is 11.6 Å². The first-order valence-electron chi connectivity index (χ1n) is 11.5. The molecule has 2 unspecified atom stereocenters. The van der Waals surface area contributed by atoms with Crippen LogP contribution in [0.1, 0.15) is 47.4 Å². The van der Waals surface area contributed by atoms with E-state index in [1.165, 1.54) is 18.2 Å². The number of nitro groups is 1. The average molecular weight is 474 g/mol. The molecule has 0 aliphatic heterocycles.